The maximum Gasteiger partial charge on any atom is 0.123 e. The molecule has 5 nitrogen and oxygen atoms in total. The summed E-state index contributed by atoms with van der Waals surface area (Å²) < 4.78 is 7.56. The fourth-order valence-corrected chi connectivity index (χ4v) is 5.04. The third-order valence-electron chi connectivity index (χ3n) is 6.64. The molecule has 0 bridgehead atoms. The van der Waals surface area contributed by atoms with Crippen LogP contribution in [0, 0.1) is 0 Å². The Labute approximate surface area is 178 Å². The maximum atomic E-state index is 5.73. The molecule has 156 valence electrons. The Kier molecular flexibility index (Phi) is 5.30. The van der Waals surface area contributed by atoms with Crippen molar-refractivity contribution in [3.05, 3.63) is 65.2 Å². The molecule has 5 rings (SSSR count). The Morgan fingerprint density at radius 1 is 1.07 bits per heavy atom. The van der Waals surface area contributed by atoms with Crippen LogP contribution in [0.5, 0.6) is 5.75 Å². The molecule has 0 amide bonds. The van der Waals surface area contributed by atoms with Gasteiger partial charge in [-0.3, -0.25) is 14.6 Å². The summed E-state index contributed by atoms with van der Waals surface area (Å²) in [5.74, 6) is 1.54. The van der Waals surface area contributed by atoms with E-state index in [2.05, 4.69) is 34.3 Å². The standard InChI is InChI=1S/C25H30N4O/c1-28-15-23(14-27-28)20-8-9-24(26-13-20)21-7-4-10-29(16-21)17-22-11-18-5-3-6-19(18)12-25(22)30-2/h8-9,11-15,21H,3-7,10,16-17H2,1-2H3. The summed E-state index contributed by atoms with van der Waals surface area (Å²) in [6.07, 6.45) is 12.0. The first-order valence-corrected chi connectivity index (χ1v) is 11.1. The van der Waals surface area contributed by atoms with Gasteiger partial charge >= 0.3 is 0 Å². The van der Waals surface area contributed by atoms with Crippen molar-refractivity contribution in [1.82, 2.24) is 19.7 Å². The lowest BCUT2D eigenvalue weighted by Crippen LogP contribution is -2.34. The van der Waals surface area contributed by atoms with Crippen molar-refractivity contribution in [1.29, 1.82) is 0 Å². The summed E-state index contributed by atoms with van der Waals surface area (Å²) in [6, 6.07) is 9.05. The van der Waals surface area contributed by atoms with Crippen LogP contribution in [-0.2, 0) is 26.4 Å². The van der Waals surface area contributed by atoms with Crippen LogP contribution in [0.3, 0.4) is 0 Å². The van der Waals surface area contributed by atoms with Gasteiger partial charge in [0.05, 0.1) is 13.3 Å². The van der Waals surface area contributed by atoms with E-state index in [1.165, 1.54) is 54.5 Å². The second-order valence-corrected chi connectivity index (χ2v) is 8.74. The van der Waals surface area contributed by atoms with Crippen molar-refractivity contribution < 1.29 is 4.74 Å². The van der Waals surface area contributed by atoms with Gasteiger partial charge in [0, 0.05) is 60.8 Å². The number of hydrogen-bond acceptors (Lipinski definition) is 4. The highest BCUT2D eigenvalue weighted by Crippen LogP contribution is 2.33. The minimum absolute atomic E-state index is 0.488. The van der Waals surface area contributed by atoms with Gasteiger partial charge < -0.3 is 4.74 Å². The van der Waals surface area contributed by atoms with Gasteiger partial charge in [0.2, 0.25) is 0 Å². The van der Waals surface area contributed by atoms with E-state index in [9.17, 15) is 0 Å². The van der Waals surface area contributed by atoms with Crippen LogP contribution in [-0.4, -0.2) is 39.9 Å². The Morgan fingerprint density at radius 3 is 2.67 bits per heavy atom. The molecule has 5 heteroatoms. The van der Waals surface area contributed by atoms with Crippen molar-refractivity contribution in [2.45, 2.75) is 44.6 Å². The predicted octanol–water partition coefficient (Wildman–Crippen LogP) is 4.36. The number of likely N-dealkylation sites (tertiary alicyclic amines) is 1. The number of ether oxygens (including phenoxy) is 1. The van der Waals surface area contributed by atoms with Crippen molar-refractivity contribution in [3.63, 3.8) is 0 Å². The molecular weight excluding hydrogens is 372 g/mol. The van der Waals surface area contributed by atoms with E-state index >= 15 is 0 Å². The second-order valence-electron chi connectivity index (χ2n) is 8.74. The zero-order chi connectivity index (χ0) is 20.5. The number of fused-ring (bicyclic) bond motifs is 1. The zero-order valence-electron chi connectivity index (χ0n) is 18.0. The normalized spacial score (nSPS) is 19.1. The van der Waals surface area contributed by atoms with E-state index in [4.69, 9.17) is 9.72 Å². The molecule has 1 aliphatic carbocycles. The summed E-state index contributed by atoms with van der Waals surface area (Å²) in [5, 5.41) is 4.26. The Morgan fingerprint density at radius 2 is 1.93 bits per heavy atom. The molecule has 2 aromatic heterocycles. The molecule has 0 radical (unpaired) electrons. The summed E-state index contributed by atoms with van der Waals surface area (Å²) in [4.78, 5) is 7.40. The maximum absolute atomic E-state index is 5.73. The van der Waals surface area contributed by atoms with E-state index in [0.717, 1.165) is 36.5 Å². The van der Waals surface area contributed by atoms with Gasteiger partial charge in [0.25, 0.3) is 0 Å². The van der Waals surface area contributed by atoms with Crippen LogP contribution in [0.2, 0.25) is 0 Å². The van der Waals surface area contributed by atoms with Gasteiger partial charge in [-0.15, -0.1) is 0 Å². The molecule has 3 heterocycles. The highest BCUT2D eigenvalue weighted by molar-refractivity contribution is 5.60. The number of rotatable bonds is 5. The summed E-state index contributed by atoms with van der Waals surface area (Å²) in [6.45, 7) is 3.16. The fraction of sp³-hybridized carbons (Fsp3) is 0.440. The van der Waals surface area contributed by atoms with Gasteiger partial charge in [-0.25, -0.2) is 0 Å². The van der Waals surface area contributed by atoms with Crippen LogP contribution < -0.4 is 4.74 Å². The molecule has 2 aliphatic rings. The molecule has 1 aliphatic heterocycles. The predicted molar refractivity (Wildman–Crippen MR) is 119 cm³/mol. The smallest absolute Gasteiger partial charge is 0.123 e. The summed E-state index contributed by atoms with van der Waals surface area (Å²) in [5.41, 5.74) is 7.77. The van der Waals surface area contributed by atoms with Crippen molar-refractivity contribution in [3.8, 4) is 16.9 Å². The first-order chi connectivity index (χ1) is 14.7. The van der Waals surface area contributed by atoms with Crippen molar-refractivity contribution >= 4 is 0 Å². The topological polar surface area (TPSA) is 43.2 Å². The molecule has 3 aromatic rings. The van der Waals surface area contributed by atoms with Crippen LogP contribution >= 0.6 is 0 Å². The largest absolute Gasteiger partial charge is 0.496 e. The molecule has 0 saturated carbocycles. The fourth-order valence-electron chi connectivity index (χ4n) is 5.04. The summed E-state index contributed by atoms with van der Waals surface area (Å²) >= 11 is 0. The second kappa shape index (κ2) is 8.23. The van der Waals surface area contributed by atoms with E-state index in [-0.39, 0.29) is 0 Å². The Balaban J connectivity index is 1.29. The van der Waals surface area contributed by atoms with Crippen LogP contribution in [0.15, 0.2) is 42.9 Å². The highest BCUT2D eigenvalue weighted by atomic mass is 16.5. The lowest BCUT2D eigenvalue weighted by molar-refractivity contribution is 0.196. The number of hydrogen-bond donors (Lipinski definition) is 0. The number of pyridine rings is 1. The molecule has 1 unspecified atom stereocenters. The number of nitrogens with zero attached hydrogens (tertiary/aromatic N) is 4. The number of piperidine rings is 1. The zero-order valence-corrected chi connectivity index (χ0v) is 18.0. The average Bonchev–Trinajstić information content (AvgIpc) is 3.42. The van der Waals surface area contributed by atoms with Crippen LogP contribution in [0.1, 0.15) is 47.6 Å². The van der Waals surface area contributed by atoms with E-state index in [0.29, 0.717) is 5.92 Å². The molecule has 1 fully saturated rings. The van der Waals surface area contributed by atoms with Crippen molar-refractivity contribution in [2.24, 2.45) is 7.05 Å². The van der Waals surface area contributed by atoms with E-state index in [1.807, 2.05) is 30.3 Å². The Hall–Kier alpha value is -2.66. The van der Waals surface area contributed by atoms with Gasteiger partial charge in [-0.1, -0.05) is 12.1 Å². The molecular formula is C25H30N4O. The number of aryl methyl sites for hydroxylation is 3. The molecule has 1 saturated heterocycles. The molecule has 0 spiro atoms. The monoisotopic (exact) mass is 402 g/mol. The van der Waals surface area contributed by atoms with Gasteiger partial charge in [0.1, 0.15) is 5.75 Å². The molecule has 1 atom stereocenters. The van der Waals surface area contributed by atoms with Gasteiger partial charge in [-0.2, -0.15) is 5.10 Å². The van der Waals surface area contributed by atoms with Crippen molar-refractivity contribution in [2.75, 3.05) is 20.2 Å². The average molecular weight is 403 g/mol. The first-order valence-electron chi connectivity index (χ1n) is 11.1. The molecule has 30 heavy (non-hydrogen) atoms. The van der Waals surface area contributed by atoms with E-state index < -0.39 is 0 Å². The Bertz CT molecular complexity index is 1020. The number of aromatic nitrogens is 3. The van der Waals surface area contributed by atoms with Gasteiger partial charge in [0.15, 0.2) is 0 Å². The molecule has 1 aromatic carbocycles. The lowest BCUT2D eigenvalue weighted by Gasteiger charge is -2.33. The third kappa shape index (κ3) is 3.86. The number of methoxy groups -OCH3 is 1. The van der Waals surface area contributed by atoms with Crippen LogP contribution in [0.25, 0.3) is 11.1 Å². The minimum atomic E-state index is 0.488. The van der Waals surface area contributed by atoms with Gasteiger partial charge in [-0.05, 0) is 61.9 Å². The quantitative estimate of drug-likeness (QED) is 0.636. The SMILES string of the molecule is COc1cc2c(cc1CN1CCCC(c3ccc(-c4cnn(C)c4)cn3)C1)CCC2. The minimum Gasteiger partial charge on any atom is -0.496 e. The summed E-state index contributed by atoms with van der Waals surface area (Å²) in [7, 11) is 3.74. The third-order valence-corrected chi connectivity index (χ3v) is 6.64. The molecule has 0 N–H and O–H groups in total. The number of benzene rings is 1. The first kappa shape index (κ1) is 19.3. The van der Waals surface area contributed by atoms with Crippen LogP contribution in [0.4, 0.5) is 0 Å². The highest BCUT2D eigenvalue weighted by Gasteiger charge is 2.24. The lowest BCUT2D eigenvalue weighted by atomic mass is 9.93. The van der Waals surface area contributed by atoms with E-state index in [1.54, 1.807) is 7.11 Å².